The third-order valence-electron chi connectivity index (χ3n) is 4.78. The molecule has 0 aliphatic carbocycles. The number of para-hydroxylation sites is 1. The molecule has 0 bridgehead atoms. The lowest BCUT2D eigenvalue weighted by atomic mass is 10.2. The van der Waals surface area contributed by atoms with Crippen molar-refractivity contribution >= 4 is 17.6 Å². The number of pyridine rings is 1. The number of aliphatic imine (C=N–C) groups is 1. The van der Waals surface area contributed by atoms with E-state index in [4.69, 9.17) is 21.3 Å². The van der Waals surface area contributed by atoms with E-state index in [9.17, 15) is 0 Å². The molecule has 7 heteroatoms. The van der Waals surface area contributed by atoms with E-state index in [-0.39, 0.29) is 0 Å². The van der Waals surface area contributed by atoms with Gasteiger partial charge in [-0.15, -0.1) is 0 Å². The second-order valence-electron chi connectivity index (χ2n) is 6.84. The Morgan fingerprint density at radius 1 is 1.10 bits per heavy atom. The monoisotopic (exact) mass is 431 g/mol. The fourth-order valence-electron chi connectivity index (χ4n) is 2.99. The molecule has 0 unspecified atom stereocenters. The average molecular weight is 432 g/mol. The van der Waals surface area contributed by atoms with Crippen LogP contribution in [-0.4, -0.2) is 55.2 Å². The second kappa shape index (κ2) is 13.8. The van der Waals surface area contributed by atoms with Crippen LogP contribution < -0.4 is 15.4 Å². The molecule has 2 rings (SSSR count). The van der Waals surface area contributed by atoms with Gasteiger partial charge in [-0.3, -0.25) is 0 Å². The molecule has 1 heterocycles. The largest absolute Gasteiger partial charge is 0.492 e. The molecule has 0 radical (unpaired) electrons. The van der Waals surface area contributed by atoms with Gasteiger partial charge >= 0.3 is 0 Å². The molecule has 0 saturated carbocycles. The Bertz CT molecular complexity index is 762. The number of guanidine groups is 1. The van der Waals surface area contributed by atoms with E-state index in [0.717, 1.165) is 62.0 Å². The summed E-state index contributed by atoms with van der Waals surface area (Å²) in [5.74, 6) is 1.69. The predicted molar refractivity (Wildman–Crippen MR) is 125 cm³/mol. The van der Waals surface area contributed by atoms with E-state index < -0.39 is 0 Å². The molecule has 30 heavy (non-hydrogen) atoms. The lowest BCUT2D eigenvalue weighted by Gasteiger charge is -2.19. The molecule has 164 valence electrons. The number of hydrogen-bond donors (Lipinski definition) is 2. The van der Waals surface area contributed by atoms with Crippen LogP contribution in [0.15, 0.2) is 47.6 Å². The van der Waals surface area contributed by atoms with Crippen LogP contribution in [-0.2, 0) is 13.0 Å². The van der Waals surface area contributed by atoms with E-state index in [0.29, 0.717) is 18.3 Å². The number of aromatic nitrogens is 1. The van der Waals surface area contributed by atoms with Gasteiger partial charge in [-0.2, -0.15) is 0 Å². The van der Waals surface area contributed by atoms with Gasteiger partial charge in [-0.05, 0) is 44.1 Å². The lowest BCUT2D eigenvalue weighted by Crippen LogP contribution is -2.38. The number of nitrogens with zero attached hydrogens (tertiary/aromatic N) is 3. The molecule has 6 nitrogen and oxygen atoms in total. The first-order valence-corrected chi connectivity index (χ1v) is 11.1. The van der Waals surface area contributed by atoms with Crippen LogP contribution >= 0.6 is 11.6 Å². The van der Waals surface area contributed by atoms with Crippen molar-refractivity contribution in [3.05, 3.63) is 58.9 Å². The molecule has 0 atom stereocenters. The third-order valence-corrected chi connectivity index (χ3v) is 5.00. The molecule has 0 saturated heterocycles. The Morgan fingerprint density at radius 3 is 2.60 bits per heavy atom. The third kappa shape index (κ3) is 8.59. The van der Waals surface area contributed by atoms with Gasteiger partial charge in [0.15, 0.2) is 5.96 Å². The van der Waals surface area contributed by atoms with Gasteiger partial charge in [-0.1, -0.05) is 49.7 Å². The molecular weight excluding hydrogens is 398 g/mol. The lowest BCUT2D eigenvalue weighted by molar-refractivity contribution is 0.221. The van der Waals surface area contributed by atoms with E-state index in [2.05, 4.69) is 47.4 Å². The SMILES string of the molecule is CCNC(=NCc1ccccc1OCCN(CC)CC)NCCc1ccc(Cl)nc1. The molecule has 0 amide bonds. The topological polar surface area (TPSA) is 61.8 Å². The zero-order valence-electron chi connectivity index (χ0n) is 18.3. The fourth-order valence-corrected chi connectivity index (χ4v) is 3.10. The van der Waals surface area contributed by atoms with Gasteiger partial charge in [-0.25, -0.2) is 9.98 Å². The zero-order chi connectivity index (χ0) is 21.6. The van der Waals surface area contributed by atoms with Gasteiger partial charge in [0.25, 0.3) is 0 Å². The van der Waals surface area contributed by atoms with Gasteiger partial charge in [0.2, 0.25) is 0 Å². The Balaban J connectivity index is 1.90. The van der Waals surface area contributed by atoms with Crippen molar-refractivity contribution in [2.75, 3.05) is 39.3 Å². The molecule has 0 spiro atoms. The molecule has 1 aromatic carbocycles. The van der Waals surface area contributed by atoms with Crippen molar-refractivity contribution in [3.63, 3.8) is 0 Å². The fraction of sp³-hybridized carbons (Fsp3) is 0.478. The van der Waals surface area contributed by atoms with Crippen LogP contribution in [0.4, 0.5) is 0 Å². The number of hydrogen-bond acceptors (Lipinski definition) is 4. The summed E-state index contributed by atoms with van der Waals surface area (Å²) < 4.78 is 6.04. The molecule has 2 N–H and O–H groups in total. The van der Waals surface area contributed by atoms with E-state index in [1.807, 2.05) is 30.3 Å². The first-order chi connectivity index (χ1) is 14.7. The molecular formula is C23H34ClN5O. The van der Waals surface area contributed by atoms with Crippen molar-refractivity contribution in [1.29, 1.82) is 0 Å². The molecule has 0 aliphatic heterocycles. The summed E-state index contributed by atoms with van der Waals surface area (Å²) in [6, 6.07) is 11.9. The summed E-state index contributed by atoms with van der Waals surface area (Å²) in [7, 11) is 0. The van der Waals surface area contributed by atoms with Crippen molar-refractivity contribution in [2.45, 2.75) is 33.7 Å². The molecule has 2 aromatic rings. The molecule has 0 fully saturated rings. The van der Waals surface area contributed by atoms with E-state index in [1.165, 1.54) is 0 Å². The van der Waals surface area contributed by atoms with Crippen LogP contribution in [0.3, 0.4) is 0 Å². The normalized spacial score (nSPS) is 11.6. The van der Waals surface area contributed by atoms with Crippen LogP contribution in [0.25, 0.3) is 0 Å². The summed E-state index contributed by atoms with van der Waals surface area (Å²) in [5, 5.41) is 7.19. The maximum atomic E-state index is 6.04. The van der Waals surface area contributed by atoms with Gasteiger partial charge < -0.3 is 20.3 Å². The summed E-state index contributed by atoms with van der Waals surface area (Å²) in [6.45, 7) is 12.2. The molecule has 0 aliphatic rings. The maximum absolute atomic E-state index is 6.04. The number of nitrogens with one attached hydrogen (secondary N) is 2. The highest BCUT2D eigenvalue weighted by Gasteiger charge is 2.05. The van der Waals surface area contributed by atoms with E-state index >= 15 is 0 Å². The highest BCUT2D eigenvalue weighted by Crippen LogP contribution is 2.19. The number of ether oxygens (including phenoxy) is 1. The minimum absolute atomic E-state index is 0.514. The van der Waals surface area contributed by atoms with Crippen LogP contribution in [0.2, 0.25) is 5.15 Å². The van der Waals surface area contributed by atoms with Crippen molar-refractivity contribution < 1.29 is 4.74 Å². The first-order valence-electron chi connectivity index (χ1n) is 10.7. The molecule has 1 aromatic heterocycles. The minimum atomic E-state index is 0.514. The Morgan fingerprint density at radius 2 is 1.90 bits per heavy atom. The van der Waals surface area contributed by atoms with E-state index in [1.54, 1.807) is 6.20 Å². The van der Waals surface area contributed by atoms with Crippen LogP contribution in [0, 0.1) is 0 Å². The summed E-state index contributed by atoms with van der Waals surface area (Å²) in [4.78, 5) is 11.2. The van der Waals surface area contributed by atoms with Crippen molar-refractivity contribution in [3.8, 4) is 5.75 Å². The van der Waals surface area contributed by atoms with Crippen LogP contribution in [0.5, 0.6) is 5.75 Å². The highest BCUT2D eigenvalue weighted by atomic mass is 35.5. The van der Waals surface area contributed by atoms with Gasteiger partial charge in [0, 0.05) is 31.4 Å². The second-order valence-corrected chi connectivity index (χ2v) is 7.23. The quantitative estimate of drug-likeness (QED) is 0.304. The smallest absolute Gasteiger partial charge is 0.191 e. The number of likely N-dealkylation sites (N-methyl/N-ethyl adjacent to an activating group) is 1. The predicted octanol–water partition coefficient (Wildman–Crippen LogP) is 3.75. The summed E-state index contributed by atoms with van der Waals surface area (Å²) in [5.41, 5.74) is 2.21. The first kappa shape index (κ1) is 24.0. The maximum Gasteiger partial charge on any atom is 0.191 e. The minimum Gasteiger partial charge on any atom is -0.492 e. The Hall–Kier alpha value is -2.31. The standard InChI is InChI=1S/C23H34ClN5O/c1-4-25-23(26-14-13-19-11-12-22(24)27-17-19)28-18-20-9-7-8-10-21(20)30-16-15-29(5-2)6-3/h7-12,17H,4-6,13-16,18H2,1-3H3,(H2,25,26,28). The Kier molecular flexibility index (Phi) is 11.0. The highest BCUT2D eigenvalue weighted by molar-refractivity contribution is 6.29. The Labute approximate surface area is 185 Å². The average Bonchev–Trinajstić information content (AvgIpc) is 2.77. The van der Waals surface area contributed by atoms with Gasteiger partial charge in [0.1, 0.15) is 17.5 Å². The number of rotatable bonds is 12. The number of benzene rings is 1. The summed E-state index contributed by atoms with van der Waals surface area (Å²) in [6.07, 6.45) is 2.65. The number of halogens is 1. The van der Waals surface area contributed by atoms with Crippen molar-refractivity contribution in [2.24, 2.45) is 4.99 Å². The van der Waals surface area contributed by atoms with Gasteiger partial charge in [0.05, 0.1) is 6.54 Å². The van der Waals surface area contributed by atoms with Crippen LogP contribution in [0.1, 0.15) is 31.9 Å². The van der Waals surface area contributed by atoms with Crippen molar-refractivity contribution in [1.82, 2.24) is 20.5 Å². The zero-order valence-corrected chi connectivity index (χ0v) is 19.1. The summed E-state index contributed by atoms with van der Waals surface area (Å²) >= 11 is 5.84.